The molecule has 164 valence electrons. The highest BCUT2D eigenvalue weighted by Crippen LogP contribution is 2.22. The second kappa shape index (κ2) is 10.4. The number of hydroxylamine groups is 1. The molecule has 3 aromatic rings. The van der Waals surface area contributed by atoms with Crippen LogP contribution in [0.25, 0.3) is 11.3 Å². The van der Waals surface area contributed by atoms with Crippen molar-refractivity contribution < 1.29 is 29.4 Å². The molecule has 0 saturated heterocycles. The van der Waals surface area contributed by atoms with E-state index in [0.29, 0.717) is 17.1 Å². The van der Waals surface area contributed by atoms with E-state index in [1.165, 1.54) is 12.4 Å². The van der Waals surface area contributed by atoms with E-state index in [2.05, 4.69) is 17.2 Å². The summed E-state index contributed by atoms with van der Waals surface area (Å²) in [6.45, 7) is 1.18. The smallest absolute Gasteiger partial charge is 0.268 e. The van der Waals surface area contributed by atoms with Gasteiger partial charge in [0, 0.05) is 22.3 Å². The highest BCUT2D eigenvalue weighted by molar-refractivity contribution is 5.97. The quantitative estimate of drug-likeness (QED) is 0.228. The van der Waals surface area contributed by atoms with Crippen molar-refractivity contribution in [3.05, 3.63) is 83.1 Å². The lowest BCUT2D eigenvalue weighted by Crippen LogP contribution is -2.51. The summed E-state index contributed by atoms with van der Waals surface area (Å²) < 4.78 is 5.51. The number of hydrogen-bond donors (Lipinski definition) is 5. The number of hydrogen-bond acceptors (Lipinski definition) is 6. The predicted octanol–water partition coefficient (Wildman–Crippen LogP) is 1.82. The number of benzene rings is 2. The van der Waals surface area contributed by atoms with Gasteiger partial charge in [-0.25, -0.2) is 5.48 Å². The summed E-state index contributed by atoms with van der Waals surface area (Å²) in [7, 11) is 0. The van der Waals surface area contributed by atoms with Crippen LogP contribution in [0.15, 0.2) is 65.1 Å². The van der Waals surface area contributed by atoms with E-state index in [0.717, 1.165) is 11.1 Å². The highest BCUT2D eigenvalue weighted by atomic mass is 16.5. The summed E-state index contributed by atoms with van der Waals surface area (Å²) in [5.41, 5.74) is 4.04. The predicted molar refractivity (Wildman–Crippen MR) is 115 cm³/mol. The molecule has 8 nitrogen and oxygen atoms in total. The number of nitrogens with one attached hydrogen (secondary N) is 2. The first-order valence-electron chi connectivity index (χ1n) is 9.76. The number of rotatable bonds is 6. The Kier molecular flexibility index (Phi) is 7.41. The molecule has 0 saturated carbocycles. The Morgan fingerprint density at radius 3 is 2.06 bits per heavy atom. The third-order valence-electron chi connectivity index (χ3n) is 4.65. The fourth-order valence-electron chi connectivity index (χ4n) is 2.88. The minimum absolute atomic E-state index is 0.150. The van der Waals surface area contributed by atoms with Gasteiger partial charge in [-0.15, -0.1) is 0 Å². The molecular weight excluding hydrogens is 412 g/mol. The summed E-state index contributed by atoms with van der Waals surface area (Å²) in [4.78, 5) is 23.8. The van der Waals surface area contributed by atoms with Gasteiger partial charge in [-0.1, -0.05) is 24.0 Å². The average molecular weight is 434 g/mol. The molecule has 0 fully saturated rings. The van der Waals surface area contributed by atoms with E-state index in [4.69, 9.17) is 14.7 Å². The van der Waals surface area contributed by atoms with Gasteiger partial charge >= 0.3 is 0 Å². The summed E-state index contributed by atoms with van der Waals surface area (Å²) in [6, 6.07) is 16.1. The molecule has 5 N–H and O–H groups in total. The van der Waals surface area contributed by atoms with Gasteiger partial charge in [-0.3, -0.25) is 14.8 Å². The van der Waals surface area contributed by atoms with Gasteiger partial charge in [0.05, 0.1) is 6.10 Å². The van der Waals surface area contributed by atoms with Gasteiger partial charge in [0.25, 0.3) is 11.8 Å². The van der Waals surface area contributed by atoms with Crippen LogP contribution in [-0.4, -0.2) is 39.4 Å². The molecular formula is C24H22N2O6. The molecule has 1 heterocycles. The van der Waals surface area contributed by atoms with E-state index in [-0.39, 0.29) is 12.2 Å². The molecule has 32 heavy (non-hydrogen) atoms. The fraction of sp³-hybridized carbons (Fsp3) is 0.167. The molecule has 8 heteroatoms. The molecule has 0 radical (unpaired) electrons. The zero-order valence-corrected chi connectivity index (χ0v) is 17.2. The van der Waals surface area contributed by atoms with Crippen molar-refractivity contribution in [2.75, 3.05) is 0 Å². The number of carbonyl (C=O) groups is 2. The van der Waals surface area contributed by atoms with Crippen LogP contribution in [0.3, 0.4) is 0 Å². The first kappa shape index (κ1) is 22.8. The Hall–Kier alpha value is -3.90. The molecule has 1 aromatic heterocycles. The molecule has 1 unspecified atom stereocenters. The van der Waals surface area contributed by atoms with E-state index in [1.807, 2.05) is 24.3 Å². The number of aliphatic hydroxyl groups is 2. The molecule has 0 aliphatic carbocycles. The van der Waals surface area contributed by atoms with Gasteiger partial charge in [0.15, 0.2) is 0 Å². The topological polar surface area (TPSA) is 132 Å². The molecule has 2 aromatic carbocycles. The largest absolute Gasteiger partial charge is 0.459 e. The van der Waals surface area contributed by atoms with Gasteiger partial charge in [-0.2, -0.15) is 0 Å². The molecule has 2 amide bonds. The number of aliphatic hydroxyl groups excluding tert-OH is 2. The molecule has 3 rings (SSSR count). The zero-order chi connectivity index (χ0) is 23.1. The summed E-state index contributed by atoms with van der Waals surface area (Å²) in [5, 5.41) is 29.8. The van der Waals surface area contributed by atoms with Crippen LogP contribution in [0.1, 0.15) is 34.2 Å². The van der Waals surface area contributed by atoms with Gasteiger partial charge in [0.2, 0.25) is 0 Å². The van der Waals surface area contributed by atoms with Crippen LogP contribution < -0.4 is 10.8 Å². The van der Waals surface area contributed by atoms with Gasteiger partial charge < -0.3 is 19.9 Å². The van der Waals surface area contributed by atoms with Crippen molar-refractivity contribution in [3.8, 4) is 23.2 Å². The molecule has 2 atom stereocenters. The zero-order valence-electron chi connectivity index (χ0n) is 17.2. The van der Waals surface area contributed by atoms with Crippen LogP contribution in [0.2, 0.25) is 0 Å². The van der Waals surface area contributed by atoms with Crippen LogP contribution in [0, 0.1) is 11.8 Å². The SMILES string of the molecule is C[C@@H](O)C(NC(=O)c1ccc(C#Cc2ccc(-c3ccc(CO)o3)cc2)cc1)C(=O)NO. The second-order valence-electron chi connectivity index (χ2n) is 7.00. The fourth-order valence-corrected chi connectivity index (χ4v) is 2.88. The first-order valence-corrected chi connectivity index (χ1v) is 9.76. The molecule has 0 aliphatic rings. The maximum absolute atomic E-state index is 12.3. The lowest BCUT2D eigenvalue weighted by atomic mass is 10.1. The van der Waals surface area contributed by atoms with Crippen LogP contribution in [0.4, 0.5) is 0 Å². The third kappa shape index (κ3) is 5.62. The third-order valence-corrected chi connectivity index (χ3v) is 4.65. The van der Waals surface area contributed by atoms with Crippen LogP contribution in [0.5, 0.6) is 0 Å². The Labute approximate surface area is 184 Å². The lowest BCUT2D eigenvalue weighted by Gasteiger charge is -2.19. The van der Waals surface area contributed by atoms with E-state index in [1.54, 1.807) is 36.4 Å². The van der Waals surface area contributed by atoms with Crippen LogP contribution >= 0.6 is 0 Å². The molecule has 0 aliphatic heterocycles. The number of furan rings is 1. The van der Waals surface area contributed by atoms with E-state index in [9.17, 15) is 14.7 Å². The van der Waals surface area contributed by atoms with Crippen LogP contribution in [-0.2, 0) is 11.4 Å². The number of carbonyl (C=O) groups excluding carboxylic acids is 2. The standard InChI is InChI=1S/C24H22N2O6/c1-15(28)22(24(30)26-31)25-23(29)19-10-6-17(7-11-19)3-2-16-4-8-18(9-5-16)21-13-12-20(14-27)32-21/h4-13,15,22,27-28,31H,14H2,1H3,(H,25,29)(H,26,30)/t15-,22?/m1/s1. The van der Waals surface area contributed by atoms with Gasteiger partial charge in [0.1, 0.15) is 24.2 Å². The van der Waals surface area contributed by atoms with Crippen molar-refractivity contribution in [1.29, 1.82) is 0 Å². The Balaban J connectivity index is 1.66. The average Bonchev–Trinajstić information content (AvgIpc) is 3.30. The van der Waals surface area contributed by atoms with E-state index < -0.39 is 24.0 Å². The monoisotopic (exact) mass is 434 g/mol. The summed E-state index contributed by atoms with van der Waals surface area (Å²) in [5.74, 6) is 5.73. The Morgan fingerprint density at radius 1 is 0.969 bits per heavy atom. The minimum atomic E-state index is -1.29. The van der Waals surface area contributed by atoms with Crippen molar-refractivity contribution >= 4 is 11.8 Å². The maximum Gasteiger partial charge on any atom is 0.268 e. The lowest BCUT2D eigenvalue weighted by molar-refractivity contribution is -0.133. The summed E-state index contributed by atoms with van der Waals surface area (Å²) in [6.07, 6.45) is -1.19. The second-order valence-corrected chi connectivity index (χ2v) is 7.00. The number of amides is 2. The van der Waals surface area contributed by atoms with Crippen molar-refractivity contribution in [1.82, 2.24) is 10.8 Å². The van der Waals surface area contributed by atoms with Gasteiger partial charge in [-0.05, 0) is 55.5 Å². The molecule has 0 spiro atoms. The Morgan fingerprint density at radius 2 is 1.56 bits per heavy atom. The summed E-state index contributed by atoms with van der Waals surface area (Å²) >= 11 is 0. The first-order chi connectivity index (χ1) is 15.4. The van der Waals surface area contributed by atoms with Crippen molar-refractivity contribution in [2.45, 2.75) is 25.7 Å². The normalized spacial score (nSPS) is 12.2. The molecule has 0 bridgehead atoms. The van der Waals surface area contributed by atoms with E-state index >= 15 is 0 Å². The van der Waals surface area contributed by atoms with Crippen molar-refractivity contribution in [2.24, 2.45) is 0 Å². The van der Waals surface area contributed by atoms with Crippen molar-refractivity contribution in [3.63, 3.8) is 0 Å². The highest BCUT2D eigenvalue weighted by Gasteiger charge is 2.25. The minimum Gasteiger partial charge on any atom is -0.459 e. The Bertz CT molecular complexity index is 1140. The maximum atomic E-state index is 12.3.